The number of pyridine rings is 1. The normalized spacial score (nSPS) is 17.6. The first kappa shape index (κ1) is 26.8. The van der Waals surface area contributed by atoms with Gasteiger partial charge >= 0.3 is 0 Å². The van der Waals surface area contributed by atoms with E-state index >= 15 is 0 Å². The number of halogens is 2. The predicted octanol–water partition coefficient (Wildman–Crippen LogP) is 3.83. The highest BCUT2D eigenvalue weighted by molar-refractivity contribution is 14.0. The van der Waals surface area contributed by atoms with Gasteiger partial charge in [-0.15, -0.1) is 24.0 Å². The van der Waals surface area contributed by atoms with E-state index in [1.54, 1.807) is 0 Å². The minimum absolute atomic E-state index is 0. The molecule has 32 heavy (non-hydrogen) atoms. The second-order valence-electron chi connectivity index (χ2n) is 8.00. The largest absolute Gasteiger partial charge is 0.357 e. The Morgan fingerprint density at radius 3 is 2.69 bits per heavy atom. The number of benzene rings is 1. The standard InChI is InChI=1S/C24H35ClN6.HI/c1-3-26-24(28-14-12-20-10-11-23(25)29-18-20)27-13-7-15-31-17-16-30(2)19-22(31)21-8-5-4-6-9-21;/h4-6,8-11,18,22H,3,7,12-17,19H2,1-2H3,(H2,26,27,28);1H. The van der Waals surface area contributed by atoms with E-state index in [-0.39, 0.29) is 24.0 Å². The fraction of sp³-hybridized carbons (Fsp3) is 0.500. The molecule has 0 bridgehead atoms. The lowest BCUT2D eigenvalue weighted by Crippen LogP contribution is -2.47. The minimum Gasteiger partial charge on any atom is -0.357 e. The van der Waals surface area contributed by atoms with Crippen molar-refractivity contribution in [3.8, 4) is 0 Å². The Labute approximate surface area is 214 Å². The molecular formula is C24H36ClIN6. The van der Waals surface area contributed by atoms with Crippen LogP contribution in [0.1, 0.15) is 30.5 Å². The highest BCUT2D eigenvalue weighted by Crippen LogP contribution is 2.24. The zero-order valence-electron chi connectivity index (χ0n) is 19.1. The Kier molecular flexibility index (Phi) is 12.3. The number of aromatic nitrogens is 1. The van der Waals surface area contributed by atoms with Crippen LogP contribution in [0.15, 0.2) is 53.7 Å². The maximum Gasteiger partial charge on any atom is 0.191 e. The fourth-order valence-electron chi connectivity index (χ4n) is 3.90. The van der Waals surface area contributed by atoms with Crippen LogP contribution in [-0.4, -0.2) is 73.6 Å². The summed E-state index contributed by atoms with van der Waals surface area (Å²) in [5, 5.41) is 7.29. The molecule has 1 aromatic heterocycles. The van der Waals surface area contributed by atoms with E-state index in [2.05, 4.69) is 69.7 Å². The molecule has 6 nitrogen and oxygen atoms in total. The van der Waals surface area contributed by atoms with Crippen LogP contribution in [0.3, 0.4) is 0 Å². The summed E-state index contributed by atoms with van der Waals surface area (Å²) in [4.78, 5) is 13.9. The molecule has 1 aliphatic heterocycles. The number of likely N-dealkylation sites (N-methyl/N-ethyl adjacent to an activating group) is 1. The molecule has 1 fully saturated rings. The van der Waals surface area contributed by atoms with Gasteiger partial charge in [0.25, 0.3) is 0 Å². The molecule has 0 radical (unpaired) electrons. The molecule has 0 amide bonds. The van der Waals surface area contributed by atoms with Crippen LogP contribution >= 0.6 is 35.6 Å². The first-order chi connectivity index (χ1) is 15.2. The van der Waals surface area contributed by atoms with Gasteiger partial charge in [-0.1, -0.05) is 48.0 Å². The van der Waals surface area contributed by atoms with Crippen molar-refractivity contribution >= 4 is 41.5 Å². The number of piperazine rings is 1. The maximum absolute atomic E-state index is 5.85. The van der Waals surface area contributed by atoms with E-state index in [4.69, 9.17) is 16.6 Å². The highest BCUT2D eigenvalue weighted by atomic mass is 127. The lowest BCUT2D eigenvalue weighted by molar-refractivity contribution is 0.0894. The van der Waals surface area contributed by atoms with Crippen molar-refractivity contribution in [3.63, 3.8) is 0 Å². The smallest absolute Gasteiger partial charge is 0.191 e. The molecule has 0 spiro atoms. The summed E-state index contributed by atoms with van der Waals surface area (Å²) in [6, 6.07) is 15.2. The van der Waals surface area contributed by atoms with Crippen LogP contribution in [-0.2, 0) is 6.42 Å². The molecular weight excluding hydrogens is 535 g/mol. The van der Waals surface area contributed by atoms with E-state index in [9.17, 15) is 0 Å². The molecule has 1 atom stereocenters. The van der Waals surface area contributed by atoms with Gasteiger partial charge in [0.15, 0.2) is 5.96 Å². The van der Waals surface area contributed by atoms with Crippen molar-refractivity contribution in [2.75, 3.05) is 52.9 Å². The van der Waals surface area contributed by atoms with Crippen LogP contribution in [0.4, 0.5) is 0 Å². The number of rotatable bonds is 9. The van der Waals surface area contributed by atoms with Gasteiger partial charge in [-0.25, -0.2) is 4.98 Å². The average molecular weight is 571 g/mol. The molecule has 1 unspecified atom stereocenters. The third-order valence-electron chi connectivity index (χ3n) is 5.59. The van der Waals surface area contributed by atoms with Gasteiger partial charge in [0.1, 0.15) is 5.15 Å². The summed E-state index contributed by atoms with van der Waals surface area (Å²) in [6.45, 7) is 8.93. The number of nitrogens with one attached hydrogen (secondary N) is 2. The van der Waals surface area contributed by atoms with Crippen molar-refractivity contribution < 1.29 is 0 Å². The van der Waals surface area contributed by atoms with Crippen molar-refractivity contribution in [2.45, 2.75) is 25.8 Å². The molecule has 1 aliphatic rings. The van der Waals surface area contributed by atoms with Gasteiger partial charge < -0.3 is 15.5 Å². The van der Waals surface area contributed by atoms with Gasteiger partial charge in [0.2, 0.25) is 0 Å². The molecule has 1 saturated heterocycles. The van der Waals surface area contributed by atoms with Gasteiger partial charge in [-0.05, 0) is 44.0 Å². The zero-order chi connectivity index (χ0) is 21.9. The maximum atomic E-state index is 5.85. The summed E-state index contributed by atoms with van der Waals surface area (Å²) in [7, 11) is 2.21. The monoisotopic (exact) mass is 570 g/mol. The third kappa shape index (κ3) is 8.84. The van der Waals surface area contributed by atoms with Crippen molar-refractivity contribution in [2.24, 2.45) is 4.99 Å². The van der Waals surface area contributed by atoms with Crippen LogP contribution < -0.4 is 10.6 Å². The van der Waals surface area contributed by atoms with Crippen LogP contribution in [0.5, 0.6) is 0 Å². The van der Waals surface area contributed by atoms with Crippen LogP contribution in [0, 0.1) is 0 Å². The second-order valence-corrected chi connectivity index (χ2v) is 8.39. The summed E-state index contributed by atoms with van der Waals surface area (Å²) in [5.74, 6) is 0.877. The van der Waals surface area contributed by atoms with Gasteiger partial charge in [-0.2, -0.15) is 0 Å². The lowest BCUT2D eigenvalue weighted by atomic mass is 10.0. The number of hydrogen-bond acceptors (Lipinski definition) is 4. The molecule has 2 heterocycles. The molecule has 1 aromatic carbocycles. The zero-order valence-corrected chi connectivity index (χ0v) is 22.2. The number of hydrogen-bond donors (Lipinski definition) is 2. The molecule has 0 saturated carbocycles. The Balaban J connectivity index is 0.00000363. The first-order valence-electron chi connectivity index (χ1n) is 11.3. The SMILES string of the molecule is CCNC(=NCCCN1CCN(C)CC1c1ccccc1)NCCc1ccc(Cl)nc1.I. The molecule has 2 aromatic rings. The third-order valence-corrected chi connectivity index (χ3v) is 5.81. The molecule has 2 N–H and O–H groups in total. The Morgan fingerprint density at radius 2 is 1.97 bits per heavy atom. The summed E-state index contributed by atoms with van der Waals surface area (Å²) in [5.41, 5.74) is 2.57. The minimum atomic E-state index is 0. The van der Waals surface area contributed by atoms with Crippen molar-refractivity contribution in [1.82, 2.24) is 25.4 Å². The lowest BCUT2D eigenvalue weighted by Gasteiger charge is -2.40. The fourth-order valence-corrected chi connectivity index (χ4v) is 4.01. The van der Waals surface area contributed by atoms with E-state index in [1.807, 2.05) is 18.3 Å². The number of guanidine groups is 1. The predicted molar refractivity (Wildman–Crippen MR) is 145 cm³/mol. The van der Waals surface area contributed by atoms with E-state index in [0.717, 1.165) is 70.2 Å². The number of nitrogens with zero attached hydrogens (tertiary/aromatic N) is 4. The van der Waals surface area contributed by atoms with Crippen LogP contribution in [0.2, 0.25) is 5.15 Å². The summed E-state index contributed by atoms with van der Waals surface area (Å²) in [6.07, 6.45) is 3.76. The summed E-state index contributed by atoms with van der Waals surface area (Å²) < 4.78 is 0. The molecule has 8 heteroatoms. The molecule has 3 rings (SSSR count). The van der Waals surface area contributed by atoms with Crippen molar-refractivity contribution in [1.29, 1.82) is 0 Å². The average Bonchev–Trinajstić information content (AvgIpc) is 2.79. The molecule has 176 valence electrons. The van der Waals surface area contributed by atoms with Gasteiger partial charge in [0.05, 0.1) is 0 Å². The second kappa shape index (κ2) is 14.7. The van der Waals surface area contributed by atoms with Gasteiger partial charge in [0, 0.05) is 58.1 Å². The van der Waals surface area contributed by atoms with Gasteiger partial charge in [-0.3, -0.25) is 9.89 Å². The van der Waals surface area contributed by atoms with E-state index in [1.165, 1.54) is 5.56 Å². The van der Waals surface area contributed by atoms with E-state index < -0.39 is 0 Å². The van der Waals surface area contributed by atoms with E-state index in [0.29, 0.717) is 11.2 Å². The Hall–Kier alpha value is -1.42. The Bertz CT molecular complexity index is 802. The molecule has 0 aliphatic carbocycles. The highest BCUT2D eigenvalue weighted by Gasteiger charge is 2.25. The van der Waals surface area contributed by atoms with Crippen LogP contribution in [0.25, 0.3) is 0 Å². The van der Waals surface area contributed by atoms with Crippen molar-refractivity contribution in [3.05, 3.63) is 64.9 Å². The Morgan fingerprint density at radius 1 is 1.16 bits per heavy atom. The summed E-state index contributed by atoms with van der Waals surface area (Å²) >= 11 is 5.85. The quantitative estimate of drug-likeness (QED) is 0.158. The topological polar surface area (TPSA) is 55.8 Å². The first-order valence-corrected chi connectivity index (χ1v) is 11.6. The number of aliphatic imine (C=N–C) groups is 1.